The highest BCUT2D eigenvalue weighted by Crippen LogP contribution is 2.31. The molecule has 0 saturated heterocycles. The Morgan fingerprint density at radius 1 is 1.07 bits per heavy atom. The standard InChI is InChI=1S/C19H16F2N2O3.2C2H6/c1-25-15-5-3-2-4-14(15)17-16(23-11-26-17)19(24)22-10-12-6-8-13(9-7-12)18(20)21;2*1-2/h2-9,11,18H,10H2,1H3,(H,22,24);2*1-2H3. The molecule has 0 aliphatic heterocycles. The fraction of sp³-hybridized carbons (Fsp3) is 0.304. The molecule has 0 aliphatic rings. The topological polar surface area (TPSA) is 64.4 Å². The van der Waals surface area contributed by atoms with Gasteiger partial charge in [-0.1, -0.05) is 64.1 Å². The third kappa shape index (κ3) is 6.40. The van der Waals surface area contributed by atoms with Crippen LogP contribution in [0.25, 0.3) is 11.3 Å². The molecule has 0 radical (unpaired) electrons. The van der Waals surface area contributed by atoms with E-state index < -0.39 is 12.3 Å². The molecule has 7 heteroatoms. The minimum atomic E-state index is -2.52. The Labute approximate surface area is 176 Å². The van der Waals surface area contributed by atoms with Crippen molar-refractivity contribution in [3.05, 3.63) is 71.7 Å². The van der Waals surface area contributed by atoms with Crippen molar-refractivity contribution in [3.63, 3.8) is 0 Å². The van der Waals surface area contributed by atoms with Crippen molar-refractivity contribution >= 4 is 5.91 Å². The lowest BCUT2D eigenvalue weighted by Gasteiger charge is -2.08. The molecule has 0 atom stereocenters. The first-order chi connectivity index (χ1) is 14.6. The Kier molecular flexibility index (Phi) is 10.8. The van der Waals surface area contributed by atoms with E-state index in [1.165, 1.54) is 25.6 Å². The number of carbonyl (C=O) groups is 1. The molecule has 1 amide bonds. The number of hydrogen-bond donors (Lipinski definition) is 1. The SMILES string of the molecule is CC.CC.COc1ccccc1-c1ocnc1C(=O)NCc1ccc(C(F)F)cc1. The lowest BCUT2D eigenvalue weighted by Crippen LogP contribution is -2.23. The summed E-state index contributed by atoms with van der Waals surface area (Å²) in [7, 11) is 1.53. The van der Waals surface area contributed by atoms with Gasteiger partial charge in [0.15, 0.2) is 17.8 Å². The monoisotopic (exact) mass is 418 g/mol. The maximum Gasteiger partial charge on any atom is 0.274 e. The first-order valence-electron chi connectivity index (χ1n) is 9.82. The number of hydrogen-bond acceptors (Lipinski definition) is 4. The predicted octanol–water partition coefficient (Wildman–Crippen LogP) is 6.27. The van der Waals surface area contributed by atoms with Crippen LogP contribution in [0, 0.1) is 0 Å². The first kappa shape index (κ1) is 24.8. The fourth-order valence-corrected chi connectivity index (χ4v) is 2.48. The number of oxazole rings is 1. The quantitative estimate of drug-likeness (QED) is 0.512. The van der Waals surface area contributed by atoms with Gasteiger partial charge >= 0.3 is 0 Å². The number of methoxy groups -OCH3 is 1. The third-order valence-corrected chi connectivity index (χ3v) is 3.82. The van der Waals surface area contributed by atoms with E-state index >= 15 is 0 Å². The summed E-state index contributed by atoms with van der Waals surface area (Å²) < 4.78 is 35.8. The minimum absolute atomic E-state index is 0.0602. The Morgan fingerprint density at radius 2 is 1.70 bits per heavy atom. The van der Waals surface area contributed by atoms with Crippen LogP contribution in [0.1, 0.15) is 55.7 Å². The molecule has 30 heavy (non-hydrogen) atoms. The molecular formula is C23H28F2N2O3. The number of ether oxygens (including phenoxy) is 1. The maximum absolute atomic E-state index is 12.6. The summed E-state index contributed by atoms with van der Waals surface area (Å²) in [5, 5.41) is 2.71. The molecule has 0 bridgehead atoms. The molecule has 0 fully saturated rings. The number of amides is 1. The number of nitrogens with one attached hydrogen (secondary N) is 1. The molecular weight excluding hydrogens is 390 g/mol. The molecule has 3 aromatic rings. The van der Waals surface area contributed by atoms with Crippen LogP contribution in [0.4, 0.5) is 8.78 Å². The van der Waals surface area contributed by atoms with Gasteiger partial charge in [-0.15, -0.1) is 0 Å². The van der Waals surface area contributed by atoms with Crippen molar-refractivity contribution < 1.29 is 22.7 Å². The smallest absolute Gasteiger partial charge is 0.274 e. The van der Waals surface area contributed by atoms with E-state index in [-0.39, 0.29) is 17.8 Å². The number of carbonyl (C=O) groups excluding carboxylic acids is 1. The van der Waals surface area contributed by atoms with Gasteiger partial charge in [-0.2, -0.15) is 0 Å². The zero-order valence-electron chi connectivity index (χ0n) is 17.9. The molecule has 3 rings (SSSR count). The summed E-state index contributed by atoms with van der Waals surface area (Å²) in [4.78, 5) is 16.4. The van der Waals surface area contributed by atoms with Gasteiger partial charge in [0.1, 0.15) is 5.75 Å². The zero-order valence-corrected chi connectivity index (χ0v) is 17.9. The highest BCUT2D eigenvalue weighted by molar-refractivity contribution is 5.98. The van der Waals surface area contributed by atoms with Gasteiger partial charge in [0.25, 0.3) is 12.3 Å². The van der Waals surface area contributed by atoms with Crippen molar-refractivity contribution in [1.29, 1.82) is 0 Å². The molecule has 5 nitrogen and oxygen atoms in total. The number of para-hydroxylation sites is 1. The van der Waals surface area contributed by atoms with E-state index in [2.05, 4.69) is 10.3 Å². The van der Waals surface area contributed by atoms with Crippen LogP contribution in [-0.2, 0) is 6.54 Å². The van der Waals surface area contributed by atoms with Crippen LogP contribution in [0.2, 0.25) is 0 Å². The van der Waals surface area contributed by atoms with Gasteiger partial charge in [-0.05, 0) is 17.7 Å². The molecule has 162 valence electrons. The summed E-state index contributed by atoms with van der Waals surface area (Å²) in [6, 6.07) is 12.9. The predicted molar refractivity (Wildman–Crippen MR) is 114 cm³/mol. The molecule has 0 unspecified atom stereocenters. The average Bonchev–Trinajstić information content (AvgIpc) is 3.30. The Balaban J connectivity index is 0.00000106. The van der Waals surface area contributed by atoms with E-state index in [9.17, 15) is 13.6 Å². The van der Waals surface area contributed by atoms with Crippen molar-refractivity contribution in [1.82, 2.24) is 10.3 Å². The van der Waals surface area contributed by atoms with E-state index in [1.54, 1.807) is 30.3 Å². The first-order valence-corrected chi connectivity index (χ1v) is 9.82. The summed E-state index contributed by atoms with van der Waals surface area (Å²) in [6.45, 7) is 8.18. The Bertz CT molecular complexity index is 893. The van der Waals surface area contributed by atoms with Crippen LogP contribution in [-0.4, -0.2) is 18.0 Å². The van der Waals surface area contributed by atoms with E-state index in [4.69, 9.17) is 9.15 Å². The van der Waals surface area contributed by atoms with E-state index in [0.29, 0.717) is 22.6 Å². The Hall–Kier alpha value is -3.22. The van der Waals surface area contributed by atoms with E-state index in [1.807, 2.05) is 33.8 Å². The molecule has 1 heterocycles. The largest absolute Gasteiger partial charge is 0.496 e. The summed E-state index contributed by atoms with van der Waals surface area (Å²) >= 11 is 0. The lowest BCUT2D eigenvalue weighted by molar-refractivity contribution is 0.0946. The van der Waals surface area contributed by atoms with Crippen molar-refractivity contribution in [2.24, 2.45) is 0 Å². The second kappa shape index (κ2) is 13.1. The molecule has 0 aliphatic carbocycles. The maximum atomic E-state index is 12.6. The molecule has 1 aromatic heterocycles. The second-order valence-electron chi connectivity index (χ2n) is 5.46. The molecule has 0 saturated carbocycles. The lowest BCUT2D eigenvalue weighted by atomic mass is 10.1. The number of aromatic nitrogens is 1. The molecule has 2 aromatic carbocycles. The Morgan fingerprint density at radius 3 is 2.30 bits per heavy atom. The van der Waals surface area contributed by atoms with Gasteiger partial charge in [-0.3, -0.25) is 4.79 Å². The van der Waals surface area contributed by atoms with Gasteiger partial charge in [0.2, 0.25) is 0 Å². The summed E-state index contributed by atoms with van der Waals surface area (Å²) in [5.41, 5.74) is 1.37. The van der Waals surface area contributed by atoms with Gasteiger partial charge in [-0.25, -0.2) is 13.8 Å². The highest BCUT2D eigenvalue weighted by Gasteiger charge is 2.20. The average molecular weight is 418 g/mol. The third-order valence-electron chi connectivity index (χ3n) is 3.82. The van der Waals surface area contributed by atoms with Crippen LogP contribution in [0.15, 0.2) is 59.3 Å². The molecule has 0 spiro atoms. The normalized spacial score (nSPS) is 9.73. The van der Waals surface area contributed by atoms with Crippen LogP contribution in [0.5, 0.6) is 5.75 Å². The second-order valence-corrected chi connectivity index (χ2v) is 5.46. The van der Waals surface area contributed by atoms with Crippen molar-refractivity contribution in [3.8, 4) is 17.1 Å². The number of rotatable bonds is 6. The minimum Gasteiger partial charge on any atom is -0.496 e. The number of benzene rings is 2. The fourth-order valence-electron chi connectivity index (χ4n) is 2.48. The molecule has 1 N–H and O–H groups in total. The summed E-state index contributed by atoms with van der Waals surface area (Å²) in [5.74, 6) is 0.423. The number of nitrogens with zero attached hydrogens (tertiary/aromatic N) is 1. The van der Waals surface area contributed by atoms with Crippen LogP contribution in [0.3, 0.4) is 0 Å². The van der Waals surface area contributed by atoms with Crippen LogP contribution < -0.4 is 10.1 Å². The number of halogens is 2. The number of alkyl halides is 2. The van der Waals surface area contributed by atoms with Gasteiger partial charge in [0.05, 0.1) is 12.7 Å². The van der Waals surface area contributed by atoms with Crippen molar-refractivity contribution in [2.45, 2.75) is 40.7 Å². The van der Waals surface area contributed by atoms with Gasteiger partial charge < -0.3 is 14.5 Å². The highest BCUT2D eigenvalue weighted by atomic mass is 19.3. The summed E-state index contributed by atoms with van der Waals surface area (Å²) in [6.07, 6.45) is -1.33. The van der Waals surface area contributed by atoms with Gasteiger partial charge in [0, 0.05) is 12.1 Å². The van der Waals surface area contributed by atoms with E-state index in [0.717, 1.165) is 0 Å². The van der Waals surface area contributed by atoms with Crippen LogP contribution >= 0.6 is 0 Å². The van der Waals surface area contributed by atoms with Crippen molar-refractivity contribution in [2.75, 3.05) is 7.11 Å². The zero-order chi connectivity index (χ0) is 22.5.